The van der Waals surface area contributed by atoms with Crippen LogP contribution in [0.2, 0.25) is 10.0 Å². The van der Waals surface area contributed by atoms with E-state index in [0.29, 0.717) is 34.6 Å². The molecule has 1 fully saturated rings. The van der Waals surface area contributed by atoms with Gasteiger partial charge in [-0.05, 0) is 41.5 Å². The number of thiophene rings is 1. The first-order valence-electron chi connectivity index (χ1n) is 12.2. The minimum atomic E-state index is -0.136. The molecule has 3 aromatic carbocycles. The third-order valence-corrected chi connectivity index (χ3v) is 8.56. The highest BCUT2D eigenvalue weighted by molar-refractivity contribution is 7.21. The van der Waals surface area contributed by atoms with Gasteiger partial charge in [0, 0.05) is 47.8 Å². The topological polar surface area (TPSA) is 42.0 Å². The number of hydrogen-bond acceptors (Lipinski definition) is 5. The molecule has 0 aliphatic carbocycles. The molecule has 1 aliphatic rings. The third-order valence-electron chi connectivity index (χ3n) is 6.64. The lowest BCUT2D eigenvalue weighted by Gasteiger charge is -2.36. The van der Waals surface area contributed by atoms with Gasteiger partial charge in [-0.25, -0.2) is 0 Å². The Morgan fingerprint density at radius 1 is 0.973 bits per heavy atom. The minimum absolute atomic E-state index is 0.00868. The zero-order chi connectivity index (χ0) is 25.8. The highest BCUT2D eigenvalue weighted by Crippen LogP contribution is 2.36. The average molecular weight is 556 g/mol. The van der Waals surface area contributed by atoms with E-state index in [1.165, 1.54) is 11.3 Å². The van der Waals surface area contributed by atoms with E-state index in [1.807, 2.05) is 77.7 Å². The van der Waals surface area contributed by atoms with Crippen LogP contribution in [0.4, 0.5) is 0 Å². The standard InChI is InChI=1S/C29H28Cl2N2O3S/c1-35-23-6-4-5-20(17-23)19-36-25(21-9-11-22(30)12-10-21)18-32-13-15-33(16-14-32)29(34)28-27(31)24-7-2-3-8-26(24)37-28/h2-12,17,25H,13-16,18-19H2,1H3/t25-/m1/s1. The Bertz CT molecular complexity index is 1370. The van der Waals surface area contributed by atoms with Gasteiger partial charge in [-0.2, -0.15) is 0 Å². The molecule has 0 bridgehead atoms. The Morgan fingerprint density at radius 3 is 2.46 bits per heavy atom. The van der Waals surface area contributed by atoms with Crippen molar-refractivity contribution < 1.29 is 14.3 Å². The van der Waals surface area contributed by atoms with Crippen molar-refractivity contribution >= 4 is 50.5 Å². The summed E-state index contributed by atoms with van der Waals surface area (Å²) < 4.78 is 12.8. The van der Waals surface area contributed by atoms with Crippen LogP contribution in [0.25, 0.3) is 10.1 Å². The molecule has 0 N–H and O–H groups in total. The second kappa shape index (κ2) is 11.8. The number of amides is 1. The zero-order valence-corrected chi connectivity index (χ0v) is 22.9. The molecule has 1 aromatic heterocycles. The van der Waals surface area contributed by atoms with E-state index in [9.17, 15) is 4.79 Å². The maximum absolute atomic E-state index is 13.3. The van der Waals surface area contributed by atoms with Gasteiger partial charge < -0.3 is 14.4 Å². The first-order valence-corrected chi connectivity index (χ1v) is 13.8. The molecule has 1 saturated heterocycles. The van der Waals surface area contributed by atoms with E-state index in [4.69, 9.17) is 32.7 Å². The van der Waals surface area contributed by atoms with Crippen LogP contribution in [0, 0.1) is 0 Å². The highest BCUT2D eigenvalue weighted by Gasteiger charge is 2.27. The van der Waals surface area contributed by atoms with Crippen LogP contribution < -0.4 is 4.74 Å². The average Bonchev–Trinajstić information content (AvgIpc) is 3.28. The Balaban J connectivity index is 1.24. The number of nitrogens with zero attached hydrogens (tertiary/aromatic N) is 2. The summed E-state index contributed by atoms with van der Waals surface area (Å²) in [6, 6.07) is 23.6. The maximum atomic E-state index is 13.3. The predicted molar refractivity (Wildman–Crippen MR) is 151 cm³/mol. The van der Waals surface area contributed by atoms with Gasteiger partial charge in [0.1, 0.15) is 10.6 Å². The van der Waals surface area contributed by atoms with Crippen LogP contribution in [-0.4, -0.2) is 55.5 Å². The number of benzene rings is 3. The van der Waals surface area contributed by atoms with Crippen molar-refractivity contribution in [3.8, 4) is 5.75 Å². The molecule has 192 valence electrons. The summed E-state index contributed by atoms with van der Waals surface area (Å²) in [5.41, 5.74) is 2.12. The molecular weight excluding hydrogens is 527 g/mol. The van der Waals surface area contributed by atoms with Gasteiger partial charge in [0.25, 0.3) is 5.91 Å². The lowest BCUT2D eigenvalue weighted by molar-refractivity contribution is 0.00343. The number of carbonyl (C=O) groups is 1. The van der Waals surface area contributed by atoms with Crippen LogP contribution in [-0.2, 0) is 11.3 Å². The van der Waals surface area contributed by atoms with Crippen LogP contribution in [0.15, 0.2) is 72.8 Å². The van der Waals surface area contributed by atoms with E-state index in [0.717, 1.165) is 46.6 Å². The summed E-state index contributed by atoms with van der Waals surface area (Å²) in [6.45, 7) is 4.01. The quantitative estimate of drug-likeness (QED) is 0.236. The van der Waals surface area contributed by atoms with Gasteiger partial charge in [-0.15, -0.1) is 11.3 Å². The van der Waals surface area contributed by atoms with Crippen molar-refractivity contribution in [3.63, 3.8) is 0 Å². The monoisotopic (exact) mass is 554 g/mol. The molecule has 1 atom stereocenters. The molecule has 2 heterocycles. The van der Waals surface area contributed by atoms with Crippen molar-refractivity contribution in [1.82, 2.24) is 9.80 Å². The van der Waals surface area contributed by atoms with Crippen LogP contribution in [0.5, 0.6) is 5.75 Å². The first kappa shape index (κ1) is 26.0. The Hall–Kier alpha value is -2.61. The number of methoxy groups -OCH3 is 1. The van der Waals surface area contributed by atoms with E-state index >= 15 is 0 Å². The van der Waals surface area contributed by atoms with Crippen molar-refractivity contribution in [2.24, 2.45) is 0 Å². The fraction of sp³-hybridized carbons (Fsp3) is 0.276. The first-order chi connectivity index (χ1) is 18.0. The summed E-state index contributed by atoms with van der Waals surface area (Å²) in [7, 11) is 1.66. The summed E-state index contributed by atoms with van der Waals surface area (Å²) >= 11 is 14.2. The number of ether oxygens (including phenoxy) is 2. The van der Waals surface area contributed by atoms with Gasteiger partial charge in [0.15, 0.2) is 0 Å². The van der Waals surface area contributed by atoms with Gasteiger partial charge in [-0.3, -0.25) is 9.69 Å². The molecular formula is C29H28Cl2N2O3S. The number of hydrogen-bond donors (Lipinski definition) is 0. The minimum Gasteiger partial charge on any atom is -0.497 e. The number of halogens is 2. The van der Waals surface area contributed by atoms with E-state index < -0.39 is 0 Å². The largest absolute Gasteiger partial charge is 0.497 e. The number of piperazine rings is 1. The number of carbonyl (C=O) groups excluding carboxylic acids is 1. The molecule has 0 spiro atoms. The Kier molecular flexibility index (Phi) is 8.33. The smallest absolute Gasteiger partial charge is 0.265 e. The van der Waals surface area contributed by atoms with E-state index in [1.54, 1.807) is 7.11 Å². The predicted octanol–water partition coefficient (Wildman–Crippen LogP) is 6.93. The molecule has 5 rings (SSSR count). The SMILES string of the molecule is COc1cccc(CO[C@H](CN2CCN(C(=O)c3sc4ccccc4c3Cl)CC2)c2ccc(Cl)cc2)c1. The number of rotatable bonds is 8. The van der Waals surface area contributed by atoms with Gasteiger partial charge >= 0.3 is 0 Å². The fourth-order valence-electron chi connectivity index (χ4n) is 4.55. The molecule has 37 heavy (non-hydrogen) atoms. The molecule has 0 radical (unpaired) electrons. The lowest BCUT2D eigenvalue weighted by atomic mass is 10.1. The Morgan fingerprint density at radius 2 is 1.73 bits per heavy atom. The fourth-order valence-corrected chi connectivity index (χ4v) is 6.16. The van der Waals surface area contributed by atoms with Crippen LogP contribution in [0.3, 0.4) is 0 Å². The summed E-state index contributed by atoms with van der Waals surface area (Å²) in [5, 5.41) is 2.19. The molecule has 0 unspecified atom stereocenters. The molecule has 5 nitrogen and oxygen atoms in total. The summed E-state index contributed by atoms with van der Waals surface area (Å²) in [6.07, 6.45) is -0.136. The third kappa shape index (κ3) is 6.11. The zero-order valence-electron chi connectivity index (χ0n) is 20.5. The molecule has 0 saturated carbocycles. The van der Waals surface area contributed by atoms with E-state index in [-0.39, 0.29) is 12.0 Å². The van der Waals surface area contributed by atoms with Crippen LogP contribution in [0.1, 0.15) is 26.9 Å². The second-order valence-electron chi connectivity index (χ2n) is 9.04. The maximum Gasteiger partial charge on any atom is 0.265 e. The van der Waals surface area contributed by atoms with Crippen molar-refractivity contribution in [3.05, 3.63) is 98.8 Å². The summed E-state index contributed by atoms with van der Waals surface area (Å²) in [5.74, 6) is 0.818. The molecule has 1 amide bonds. The molecule has 8 heteroatoms. The normalized spacial score (nSPS) is 15.2. The van der Waals surface area contributed by atoms with Crippen LogP contribution >= 0.6 is 34.5 Å². The lowest BCUT2D eigenvalue weighted by Crippen LogP contribution is -2.49. The highest BCUT2D eigenvalue weighted by atomic mass is 35.5. The van der Waals surface area contributed by atoms with Crippen molar-refractivity contribution in [1.29, 1.82) is 0 Å². The Labute approximate surface area is 231 Å². The van der Waals surface area contributed by atoms with Gasteiger partial charge in [0.05, 0.1) is 24.8 Å². The second-order valence-corrected chi connectivity index (χ2v) is 10.9. The van der Waals surface area contributed by atoms with Crippen molar-refractivity contribution in [2.75, 3.05) is 39.8 Å². The van der Waals surface area contributed by atoms with E-state index in [2.05, 4.69) is 4.90 Å². The molecule has 4 aromatic rings. The molecule has 1 aliphatic heterocycles. The number of fused-ring (bicyclic) bond motifs is 1. The van der Waals surface area contributed by atoms with Gasteiger partial charge in [0.2, 0.25) is 0 Å². The van der Waals surface area contributed by atoms with Gasteiger partial charge in [-0.1, -0.05) is 65.7 Å². The summed E-state index contributed by atoms with van der Waals surface area (Å²) in [4.78, 5) is 18.1. The van der Waals surface area contributed by atoms with Crippen molar-refractivity contribution in [2.45, 2.75) is 12.7 Å².